The van der Waals surface area contributed by atoms with Crippen molar-refractivity contribution < 1.29 is 19.0 Å². The van der Waals surface area contributed by atoms with Crippen LogP contribution in [0.1, 0.15) is 35.7 Å². The van der Waals surface area contributed by atoms with E-state index in [-0.39, 0.29) is 46.7 Å². The normalized spacial score (nSPS) is 25.9. The van der Waals surface area contributed by atoms with Gasteiger partial charge in [0.15, 0.2) is 11.6 Å². The third-order valence-electron chi connectivity index (χ3n) is 6.31. The lowest BCUT2D eigenvalue weighted by Gasteiger charge is -2.26. The van der Waals surface area contributed by atoms with Gasteiger partial charge in [0.1, 0.15) is 11.2 Å². The molecule has 2 aliphatic heterocycles. The minimum atomic E-state index is -1.32. The van der Waals surface area contributed by atoms with Crippen molar-refractivity contribution in [2.75, 3.05) is 31.1 Å². The van der Waals surface area contributed by atoms with Crippen molar-refractivity contribution >= 4 is 35.1 Å². The molecule has 0 aromatic carbocycles. The van der Waals surface area contributed by atoms with E-state index in [0.717, 1.165) is 19.3 Å². The SMILES string of the molecule is Cl.NCC12CN(c3ncc4c(=O)c(C(=O)O)cn(C5CC5)c4c3F)CC1CCO2. The number of carbonyl (C=O) groups is 1. The summed E-state index contributed by atoms with van der Waals surface area (Å²) < 4.78 is 23.1. The number of nitrogens with zero attached hydrogens (tertiary/aromatic N) is 3. The lowest BCUT2D eigenvalue weighted by atomic mass is 9.91. The number of rotatable bonds is 4. The summed E-state index contributed by atoms with van der Waals surface area (Å²) in [5.74, 6) is -1.53. The summed E-state index contributed by atoms with van der Waals surface area (Å²) in [5.41, 5.74) is 4.52. The molecule has 0 radical (unpaired) electrons. The van der Waals surface area contributed by atoms with Gasteiger partial charge in [-0.2, -0.15) is 0 Å². The summed E-state index contributed by atoms with van der Waals surface area (Å²) in [6.45, 7) is 2.05. The Morgan fingerprint density at radius 1 is 1.41 bits per heavy atom. The molecule has 29 heavy (non-hydrogen) atoms. The Kier molecular flexibility index (Phi) is 4.79. The Morgan fingerprint density at radius 2 is 2.17 bits per heavy atom. The van der Waals surface area contributed by atoms with Crippen LogP contribution in [0.2, 0.25) is 0 Å². The van der Waals surface area contributed by atoms with Crippen molar-refractivity contribution in [2.24, 2.45) is 11.7 Å². The van der Waals surface area contributed by atoms with Gasteiger partial charge in [0, 0.05) is 44.0 Å². The number of ether oxygens (including phenoxy) is 1. The van der Waals surface area contributed by atoms with E-state index in [4.69, 9.17) is 10.5 Å². The Hall–Kier alpha value is -2.23. The number of halogens is 2. The Balaban J connectivity index is 0.00000205. The highest BCUT2D eigenvalue weighted by Crippen LogP contribution is 2.42. The number of aromatic carboxylic acids is 1. The molecule has 3 N–H and O–H groups in total. The first kappa shape index (κ1) is 20.1. The van der Waals surface area contributed by atoms with Crippen LogP contribution in [-0.4, -0.2) is 52.5 Å². The molecule has 1 saturated carbocycles. The number of fused-ring (bicyclic) bond motifs is 2. The minimum absolute atomic E-state index is 0. The van der Waals surface area contributed by atoms with E-state index < -0.39 is 22.8 Å². The second kappa shape index (κ2) is 6.93. The van der Waals surface area contributed by atoms with E-state index in [1.165, 1.54) is 12.4 Å². The molecule has 3 aliphatic rings. The first-order valence-electron chi connectivity index (χ1n) is 9.51. The number of carboxylic acid groups (broad SMARTS) is 1. The average Bonchev–Trinajstić information content (AvgIpc) is 3.34. The van der Waals surface area contributed by atoms with Gasteiger partial charge < -0.3 is 25.0 Å². The highest BCUT2D eigenvalue weighted by Gasteiger charge is 2.51. The fourth-order valence-corrected chi connectivity index (χ4v) is 4.63. The predicted octanol–water partition coefficient (Wildman–Crippen LogP) is 1.54. The van der Waals surface area contributed by atoms with E-state index in [1.807, 2.05) is 4.90 Å². The third kappa shape index (κ3) is 2.91. The minimum Gasteiger partial charge on any atom is -0.477 e. The summed E-state index contributed by atoms with van der Waals surface area (Å²) >= 11 is 0. The maximum absolute atomic E-state index is 15.6. The molecule has 0 spiro atoms. The smallest absolute Gasteiger partial charge is 0.341 e. The molecule has 2 aromatic rings. The average molecular weight is 425 g/mol. The summed E-state index contributed by atoms with van der Waals surface area (Å²) in [6, 6.07) is 0.00243. The van der Waals surface area contributed by atoms with Gasteiger partial charge in [-0.3, -0.25) is 4.79 Å². The maximum Gasteiger partial charge on any atom is 0.341 e. The quantitative estimate of drug-likeness (QED) is 0.765. The molecular formula is C19H22ClFN4O4. The Morgan fingerprint density at radius 3 is 2.79 bits per heavy atom. The fraction of sp³-hybridized carbons (Fsp3) is 0.526. The van der Waals surface area contributed by atoms with Gasteiger partial charge in [-0.25, -0.2) is 14.2 Å². The van der Waals surface area contributed by atoms with Crippen molar-refractivity contribution in [3.63, 3.8) is 0 Å². The van der Waals surface area contributed by atoms with Gasteiger partial charge in [-0.1, -0.05) is 0 Å². The summed E-state index contributed by atoms with van der Waals surface area (Å²) in [7, 11) is 0. The van der Waals surface area contributed by atoms with Gasteiger partial charge in [-0.15, -0.1) is 12.4 Å². The molecule has 0 amide bonds. The van der Waals surface area contributed by atoms with E-state index >= 15 is 4.39 Å². The van der Waals surface area contributed by atoms with Gasteiger partial charge in [0.05, 0.1) is 17.4 Å². The molecule has 8 nitrogen and oxygen atoms in total. The standard InChI is InChI=1S/C19H21FN4O4.ClH/c20-14-15-12(16(25)13(18(26)27)7-24(15)11-1-2-11)5-22-17(14)23-6-10-3-4-28-19(10,8-21)9-23;/h5,7,10-11H,1-4,6,8-9,21H2,(H,26,27);1H. The van der Waals surface area contributed by atoms with E-state index in [1.54, 1.807) is 4.57 Å². The van der Waals surface area contributed by atoms with Crippen molar-refractivity contribution in [3.8, 4) is 0 Å². The molecule has 156 valence electrons. The lowest BCUT2D eigenvalue weighted by molar-refractivity contribution is 0.0126. The summed E-state index contributed by atoms with van der Waals surface area (Å²) in [4.78, 5) is 30.0. The summed E-state index contributed by atoms with van der Waals surface area (Å²) in [6.07, 6.45) is 5.08. The van der Waals surface area contributed by atoms with Crippen molar-refractivity contribution in [1.82, 2.24) is 9.55 Å². The van der Waals surface area contributed by atoms with Crippen LogP contribution in [0.5, 0.6) is 0 Å². The first-order chi connectivity index (χ1) is 13.4. The number of nitrogens with two attached hydrogens (primary N) is 1. The van der Waals surface area contributed by atoms with Crippen LogP contribution in [0.15, 0.2) is 17.2 Å². The monoisotopic (exact) mass is 424 g/mol. The van der Waals surface area contributed by atoms with Crippen LogP contribution >= 0.6 is 12.4 Å². The predicted molar refractivity (Wildman–Crippen MR) is 106 cm³/mol. The largest absolute Gasteiger partial charge is 0.477 e. The van der Waals surface area contributed by atoms with E-state index in [9.17, 15) is 14.7 Å². The van der Waals surface area contributed by atoms with Gasteiger partial charge in [-0.05, 0) is 19.3 Å². The molecule has 5 rings (SSSR count). The molecule has 2 atom stereocenters. The van der Waals surface area contributed by atoms with Crippen LogP contribution in [0.4, 0.5) is 10.2 Å². The van der Waals surface area contributed by atoms with Crippen LogP contribution in [0, 0.1) is 11.7 Å². The second-order valence-corrected chi connectivity index (χ2v) is 7.96. The molecule has 2 aromatic heterocycles. The van der Waals surface area contributed by atoms with E-state index in [2.05, 4.69) is 4.98 Å². The molecular weight excluding hydrogens is 403 g/mol. The topological polar surface area (TPSA) is 111 Å². The van der Waals surface area contributed by atoms with Crippen LogP contribution < -0.4 is 16.1 Å². The Labute approximate surface area is 171 Å². The van der Waals surface area contributed by atoms with Gasteiger partial charge in [0.25, 0.3) is 0 Å². The Bertz CT molecular complexity index is 1060. The van der Waals surface area contributed by atoms with Crippen LogP contribution in [0.25, 0.3) is 10.9 Å². The number of hydrogen-bond acceptors (Lipinski definition) is 6. The van der Waals surface area contributed by atoms with Gasteiger partial charge in [0.2, 0.25) is 5.43 Å². The first-order valence-corrected chi connectivity index (χ1v) is 9.51. The number of hydrogen-bond donors (Lipinski definition) is 2. The number of anilines is 1. The molecule has 2 saturated heterocycles. The van der Waals surface area contributed by atoms with Crippen molar-refractivity contribution in [3.05, 3.63) is 34.0 Å². The zero-order valence-corrected chi connectivity index (χ0v) is 16.5. The maximum atomic E-state index is 15.6. The number of carboxylic acids is 1. The molecule has 3 fully saturated rings. The van der Waals surface area contributed by atoms with Gasteiger partial charge >= 0.3 is 5.97 Å². The second-order valence-electron chi connectivity index (χ2n) is 7.96. The molecule has 1 aliphatic carbocycles. The molecule has 10 heteroatoms. The van der Waals surface area contributed by atoms with Crippen LogP contribution in [0.3, 0.4) is 0 Å². The lowest BCUT2D eigenvalue weighted by Crippen LogP contribution is -2.44. The number of aromatic nitrogens is 2. The molecule has 4 heterocycles. The summed E-state index contributed by atoms with van der Waals surface area (Å²) in [5, 5.41) is 9.33. The third-order valence-corrected chi connectivity index (χ3v) is 6.31. The van der Waals surface area contributed by atoms with Crippen molar-refractivity contribution in [2.45, 2.75) is 30.9 Å². The highest BCUT2D eigenvalue weighted by atomic mass is 35.5. The molecule has 2 unspecified atom stereocenters. The van der Waals surface area contributed by atoms with Crippen LogP contribution in [-0.2, 0) is 4.74 Å². The number of pyridine rings is 2. The zero-order valence-electron chi connectivity index (χ0n) is 15.6. The van der Waals surface area contributed by atoms with Crippen molar-refractivity contribution in [1.29, 1.82) is 0 Å². The zero-order chi connectivity index (χ0) is 19.6. The van der Waals surface area contributed by atoms with E-state index in [0.29, 0.717) is 26.2 Å². The molecule has 0 bridgehead atoms. The fourth-order valence-electron chi connectivity index (χ4n) is 4.63. The highest BCUT2D eigenvalue weighted by molar-refractivity contribution is 5.93.